The number of benzene rings is 2. The van der Waals surface area contributed by atoms with E-state index in [1.165, 1.54) is 26.7 Å². The minimum Gasteiger partial charge on any atom is -0.301 e. The summed E-state index contributed by atoms with van der Waals surface area (Å²) in [6, 6.07) is 14.2. The fraction of sp³-hybridized carbons (Fsp3) is 0.100. The summed E-state index contributed by atoms with van der Waals surface area (Å²) in [5.74, 6) is -0.0768. The van der Waals surface area contributed by atoms with Gasteiger partial charge in [-0.05, 0) is 65.4 Å². The van der Waals surface area contributed by atoms with E-state index in [4.69, 9.17) is 0 Å². The van der Waals surface area contributed by atoms with Gasteiger partial charge in [0.1, 0.15) is 0 Å². The quantitative estimate of drug-likeness (QED) is 0.176. The highest BCUT2D eigenvalue weighted by Gasteiger charge is 2.18. The second-order valence-corrected chi connectivity index (χ2v) is 10.8. The number of amides is 1. The molecule has 0 aliphatic heterocycles. The molecule has 4 rings (SSSR count). The zero-order valence-corrected chi connectivity index (χ0v) is 19.8. The van der Waals surface area contributed by atoms with Crippen molar-refractivity contribution in [2.45, 2.75) is 16.5 Å². The van der Waals surface area contributed by atoms with Crippen molar-refractivity contribution in [2.24, 2.45) is 4.99 Å². The topological polar surface area (TPSA) is 67.2 Å². The van der Waals surface area contributed by atoms with Gasteiger partial charge in [-0.15, -0.1) is 22.7 Å². The minimum absolute atomic E-state index is 0.0768. The molecule has 9 heteroatoms. The van der Waals surface area contributed by atoms with Crippen molar-refractivity contribution >= 4 is 90.2 Å². The van der Waals surface area contributed by atoms with E-state index in [1.54, 1.807) is 17.5 Å². The molecule has 1 unspecified atom stereocenters. The molecule has 0 saturated carbocycles. The van der Waals surface area contributed by atoms with Gasteiger partial charge >= 0.3 is 0 Å². The number of nitrogens with one attached hydrogen (secondary N) is 1. The van der Waals surface area contributed by atoms with Crippen molar-refractivity contribution in [1.29, 1.82) is 0 Å². The monoisotopic (exact) mass is 550 g/mol. The van der Waals surface area contributed by atoms with Crippen LogP contribution >= 0.6 is 57.0 Å². The van der Waals surface area contributed by atoms with Crippen LogP contribution in [0.1, 0.15) is 12.5 Å². The van der Waals surface area contributed by atoms with E-state index in [9.17, 15) is 4.79 Å². The Balaban J connectivity index is 1.45. The first-order valence-corrected chi connectivity index (χ1v) is 12.3. The first-order chi connectivity index (χ1) is 14.1. The molecule has 2 heterocycles. The molecule has 29 heavy (non-hydrogen) atoms. The Bertz CT molecular complexity index is 1160. The van der Waals surface area contributed by atoms with Crippen molar-refractivity contribution in [3.63, 3.8) is 0 Å². The van der Waals surface area contributed by atoms with Crippen LogP contribution in [0.2, 0.25) is 0 Å². The van der Waals surface area contributed by atoms with Crippen LogP contribution < -0.4 is 5.32 Å². The number of rotatable bonds is 6. The Morgan fingerprint density at radius 2 is 2.10 bits per heavy atom. The molecule has 2 aromatic carbocycles. The van der Waals surface area contributed by atoms with Crippen molar-refractivity contribution < 1.29 is 4.79 Å². The Kier molecular flexibility index (Phi) is 6.58. The minimum atomic E-state index is -0.266. The van der Waals surface area contributed by atoms with Gasteiger partial charge in [-0.2, -0.15) is 0 Å². The normalized spacial score (nSPS) is 12.5. The van der Waals surface area contributed by atoms with Gasteiger partial charge in [0.05, 0.1) is 21.2 Å². The average molecular weight is 550 g/mol. The fourth-order valence-corrected chi connectivity index (χ4v) is 5.55. The van der Waals surface area contributed by atoms with Gasteiger partial charge in [-0.3, -0.25) is 9.79 Å². The summed E-state index contributed by atoms with van der Waals surface area (Å²) in [6.07, 6.45) is 3.53. The van der Waals surface area contributed by atoms with Crippen LogP contribution in [0.15, 0.2) is 63.4 Å². The van der Waals surface area contributed by atoms with Crippen LogP contribution in [0, 0.1) is 3.57 Å². The maximum atomic E-state index is 12.3. The molecule has 0 fully saturated rings. The van der Waals surface area contributed by atoms with Crippen molar-refractivity contribution in [3.8, 4) is 0 Å². The number of thiazole rings is 2. The lowest BCUT2D eigenvalue weighted by molar-refractivity contribution is -0.115. The van der Waals surface area contributed by atoms with Crippen LogP contribution in [-0.2, 0) is 4.79 Å². The first kappa shape index (κ1) is 20.5. The SMILES string of the molecule is CC(Sc1nc2ccc(N=Cc3ccc(I)cc3)cc2s1)C(=O)Nc1nccs1. The Morgan fingerprint density at radius 3 is 2.86 bits per heavy atom. The molecule has 5 nitrogen and oxygen atoms in total. The van der Waals surface area contributed by atoms with Crippen molar-refractivity contribution in [3.05, 3.63) is 63.2 Å². The second-order valence-electron chi connectivity index (χ2n) is 6.03. The largest absolute Gasteiger partial charge is 0.301 e. The molecule has 1 N–H and O–H groups in total. The first-order valence-electron chi connectivity index (χ1n) is 8.64. The molecular weight excluding hydrogens is 535 g/mol. The third-order valence-electron chi connectivity index (χ3n) is 3.89. The molecule has 4 aromatic rings. The summed E-state index contributed by atoms with van der Waals surface area (Å²) < 4.78 is 3.11. The van der Waals surface area contributed by atoms with E-state index in [2.05, 4.69) is 55.0 Å². The van der Waals surface area contributed by atoms with Crippen molar-refractivity contribution in [1.82, 2.24) is 9.97 Å². The number of hydrogen-bond acceptors (Lipinski definition) is 7. The number of aromatic nitrogens is 2. The molecule has 0 radical (unpaired) electrons. The summed E-state index contributed by atoms with van der Waals surface area (Å²) >= 11 is 6.71. The van der Waals surface area contributed by atoms with E-state index in [0.29, 0.717) is 5.13 Å². The van der Waals surface area contributed by atoms with E-state index in [-0.39, 0.29) is 11.2 Å². The number of hydrogen-bond donors (Lipinski definition) is 1. The maximum absolute atomic E-state index is 12.3. The van der Waals surface area contributed by atoms with Gasteiger partial charge in [0.25, 0.3) is 0 Å². The molecule has 1 amide bonds. The number of anilines is 1. The third kappa shape index (κ3) is 5.41. The summed E-state index contributed by atoms with van der Waals surface area (Å²) in [4.78, 5) is 25.6. The smallest absolute Gasteiger partial charge is 0.239 e. The summed E-state index contributed by atoms with van der Waals surface area (Å²) in [5, 5.41) is 5.01. The molecule has 0 spiro atoms. The predicted octanol–water partition coefficient (Wildman–Crippen LogP) is 6.23. The molecule has 0 aliphatic rings. The lowest BCUT2D eigenvalue weighted by Crippen LogP contribution is -2.22. The van der Waals surface area contributed by atoms with E-state index < -0.39 is 0 Å². The second kappa shape index (κ2) is 9.33. The molecule has 0 aliphatic carbocycles. The van der Waals surface area contributed by atoms with Crippen LogP contribution in [0.25, 0.3) is 10.2 Å². The summed E-state index contributed by atoms with van der Waals surface area (Å²) in [6.45, 7) is 1.87. The molecular formula is C20H15IN4OS3. The molecule has 0 bridgehead atoms. The van der Waals surface area contributed by atoms with E-state index in [1.807, 2.05) is 48.9 Å². The van der Waals surface area contributed by atoms with Crippen molar-refractivity contribution in [2.75, 3.05) is 5.32 Å². The standard InChI is InChI=1S/C20H15IN4OS3/c1-12(18(26)25-19-22-8-9-27-19)28-20-24-16-7-6-15(10-17(16)29-20)23-11-13-2-4-14(21)5-3-13/h2-12H,1H3,(H,22,25,26). The zero-order chi connectivity index (χ0) is 20.2. The number of fused-ring (bicyclic) bond motifs is 1. The van der Waals surface area contributed by atoms with Gasteiger partial charge < -0.3 is 5.32 Å². The number of halogens is 1. The van der Waals surface area contributed by atoms with Crippen LogP contribution in [-0.4, -0.2) is 27.3 Å². The van der Waals surface area contributed by atoms with Gasteiger partial charge in [0.15, 0.2) is 9.47 Å². The highest BCUT2D eigenvalue weighted by atomic mass is 127. The van der Waals surface area contributed by atoms with Crippen LogP contribution in [0.5, 0.6) is 0 Å². The third-order valence-corrected chi connectivity index (χ3v) is 7.51. The molecule has 1 atom stereocenters. The number of thioether (sulfide) groups is 1. The van der Waals surface area contributed by atoms with Gasteiger partial charge in [0.2, 0.25) is 5.91 Å². The van der Waals surface area contributed by atoms with Crippen LogP contribution in [0.4, 0.5) is 10.8 Å². The van der Waals surface area contributed by atoms with Crippen LogP contribution in [0.3, 0.4) is 0 Å². The lowest BCUT2D eigenvalue weighted by Gasteiger charge is -2.07. The Hall–Kier alpha value is -1.82. The zero-order valence-electron chi connectivity index (χ0n) is 15.2. The molecule has 0 saturated heterocycles. The number of carbonyl (C=O) groups is 1. The fourth-order valence-electron chi connectivity index (χ4n) is 2.42. The molecule has 2 aromatic heterocycles. The Labute approximate surface area is 193 Å². The van der Waals surface area contributed by atoms with E-state index in [0.717, 1.165) is 25.8 Å². The summed E-state index contributed by atoms with van der Waals surface area (Å²) in [5.41, 5.74) is 2.86. The molecule has 146 valence electrons. The highest BCUT2D eigenvalue weighted by molar-refractivity contribution is 14.1. The van der Waals surface area contributed by atoms with Gasteiger partial charge in [-0.25, -0.2) is 9.97 Å². The number of nitrogens with zero attached hydrogens (tertiary/aromatic N) is 3. The van der Waals surface area contributed by atoms with Gasteiger partial charge in [-0.1, -0.05) is 23.9 Å². The van der Waals surface area contributed by atoms with E-state index >= 15 is 0 Å². The maximum Gasteiger partial charge on any atom is 0.239 e. The predicted molar refractivity (Wildman–Crippen MR) is 132 cm³/mol. The average Bonchev–Trinajstić information content (AvgIpc) is 3.36. The number of aliphatic imine (C=N–C) groups is 1. The highest BCUT2D eigenvalue weighted by Crippen LogP contribution is 2.34. The lowest BCUT2D eigenvalue weighted by atomic mass is 10.2. The van der Waals surface area contributed by atoms with Gasteiger partial charge in [0, 0.05) is 21.4 Å². The number of carbonyl (C=O) groups excluding carboxylic acids is 1. The summed E-state index contributed by atoms with van der Waals surface area (Å²) in [7, 11) is 0. The Morgan fingerprint density at radius 1 is 1.28 bits per heavy atom.